The molecule has 3 N–H and O–H groups in total. The van der Waals surface area contributed by atoms with Crippen LogP contribution in [0.5, 0.6) is 5.75 Å². The predicted octanol–water partition coefficient (Wildman–Crippen LogP) is 4.43. The lowest BCUT2D eigenvalue weighted by molar-refractivity contribution is -0.111. The van der Waals surface area contributed by atoms with E-state index >= 15 is 0 Å². The fraction of sp³-hybridized carbons (Fsp3) is 0.296. The van der Waals surface area contributed by atoms with Crippen LogP contribution in [0.3, 0.4) is 0 Å². The monoisotopic (exact) mass is 456 g/mol. The lowest BCUT2D eigenvalue weighted by atomic mass is 9.88. The Hall–Kier alpha value is -3.87. The van der Waals surface area contributed by atoms with Gasteiger partial charge in [-0.1, -0.05) is 19.9 Å². The second-order valence-corrected chi connectivity index (χ2v) is 8.67. The number of H-pyrrole nitrogens is 1. The zero-order valence-electron chi connectivity index (χ0n) is 19.3. The summed E-state index contributed by atoms with van der Waals surface area (Å²) in [5.74, 6) is 0.337. The number of amides is 2. The second kappa shape index (κ2) is 9.17. The van der Waals surface area contributed by atoms with Crippen LogP contribution in [-0.2, 0) is 24.1 Å². The molecule has 0 atom stereocenters. The standard InChI is InChI=1S/C27H28N4O3/c1-3-5-12-34-23-9-7-16(13-22(23)30-24(32)4-2)21-14-19-17(15-29-21)6-8-18-25-20(31-26(18)19)10-11-28-27(25)33/h4,7,9,13-15,31H,2-3,5-6,8,10-12H2,1H3,(H,28,33)(H,30,32). The minimum atomic E-state index is -0.296. The van der Waals surface area contributed by atoms with Crippen LogP contribution >= 0.6 is 0 Å². The van der Waals surface area contributed by atoms with Gasteiger partial charge in [-0.05, 0) is 60.7 Å². The maximum atomic E-state index is 12.5. The molecule has 0 spiro atoms. The van der Waals surface area contributed by atoms with Crippen LogP contribution in [0.15, 0.2) is 43.1 Å². The number of nitrogens with one attached hydrogen (secondary N) is 3. The van der Waals surface area contributed by atoms with Gasteiger partial charge in [0, 0.05) is 36.0 Å². The summed E-state index contributed by atoms with van der Waals surface area (Å²) in [7, 11) is 0. The summed E-state index contributed by atoms with van der Waals surface area (Å²) in [5.41, 5.74) is 8.43. The van der Waals surface area contributed by atoms with Crippen molar-refractivity contribution in [2.24, 2.45) is 0 Å². The van der Waals surface area contributed by atoms with Crippen LogP contribution in [0.25, 0.3) is 22.5 Å². The molecule has 1 aromatic carbocycles. The minimum absolute atomic E-state index is 0.0118. The molecular formula is C27H28N4O3. The van der Waals surface area contributed by atoms with Crippen molar-refractivity contribution in [1.82, 2.24) is 15.3 Å². The summed E-state index contributed by atoms with van der Waals surface area (Å²) in [5, 5.41) is 5.81. The van der Waals surface area contributed by atoms with Crippen molar-refractivity contribution in [3.8, 4) is 28.3 Å². The molecule has 0 fully saturated rings. The number of carbonyl (C=O) groups excluding carboxylic acids is 2. The number of pyridine rings is 1. The molecule has 2 aromatic heterocycles. The maximum absolute atomic E-state index is 12.5. The van der Waals surface area contributed by atoms with Crippen LogP contribution in [0, 0.1) is 0 Å². The number of ether oxygens (including phenoxy) is 1. The molecule has 0 saturated heterocycles. The quantitative estimate of drug-likeness (QED) is 0.362. The number of nitrogens with zero attached hydrogens (tertiary/aromatic N) is 1. The van der Waals surface area contributed by atoms with Gasteiger partial charge in [0.25, 0.3) is 5.91 Å². The molecule has 5 rings (SSSR count). The van der Waals surface area contributed by atoms with E-state index in [-0.39, 0.29) is 11.8 Å². The van der Waals surface area contributed by atoms with Crippen molar-refractivity contribution < 1.29 is 14.3 Å². The molecule has 2 aliphatic rings. The predicted molar refractivity (Wildman–Crippen MR) is 132 cm³/mol. The second-order valence-electron chi connectivity index (χ2n) is 8.67. The molecule has 7 nitrogen and oxygen atoms in total. The van der Waals surface area contributed by atoms with Crippen molar-refractivity contribution in [2.75, 3.05) is 18.5 Å². The third-order valence-electron chi connectivity index (χ3n) is 6.44. The first-order valence-electron chi connectivity index (χ1n) is 11.8. The Labute approximate surface area is 198 Å². The lowest BCUT2D eigenvalue weighted by Gasteiger charge is -2.19. The Kier molecular flexibility index (Phi) is 5.92. The van der Waals surface area contributed by atoms with Gasteiger partial charge in [0.15, 0.2) is 0 Å². The van der Waals surface area contributed by atoms with Crippen LogP contribution in [0.2, 0.25) is 0 Å². The van der Waals surface area contributed by atoms with E-state index in [4.69, 9.17) is 9.72 Å². The van der Waals surface area contributed by atoms with Gasteiger partial charge in [-0.15, -0.1) is 0 Å². The first kappa shape index (κ1) is 21.9. The molecular weight excluding hydrogens is 428 g/mol. The molecule has 34 heavy (non-hydrogen) atoms. The fourth-order valence-electron chi connectivity index (χ4n) is 4.68. The van der Waals surface area contributed by atoms with E-state index in [1.807, 2.05) is 24.4 Å². The minimum Gasteiger partial charge on any atom is -0.491 e. The number of rotatable bonds is 7. The van der Waals surface area contributed by atoms with Gasteiger partial charge in [-0.25, -0.2) is 0 Å². The van der Waals surface area contributed by atoms with Crippen molar-refractivity contribution in [2.45, 2.75) is 39.0 Å². The van der Waals surface area contributed by atoms with Gasteiger partial charge in [0.2, 0.25) is 5.91 Å². The zero-order valence-corrected chi connectivity index (χ0v) is 19.3. The summed E-state index contributed by atoms with van der Waals surface area (Å²) < 4.78 is 5.90. The topological polar surface area (TPSA) is 96.1 Å². The molecule has 7 heteroatoms. The third kappa shape index (κ3) is 3.98. The number of fused-ring (bicyclic) bond motifs is 5. The van der Waals surface area contributed by atoms with Crippen LogP contribution in [0.4, 0.5) is 5.69 Å². The fourth-order valence-corrected chi connectivity index (χ4v) is 4.68. The normalized spacial score (nSPS) is 13.9. The van der Waals surface area contributed by atoms with Crippen molar-refractivity contribution in [3.05, 3.63) is 65.5 Å². The average Bonchev–Trinajstić information content (AvgIpc) is 3.25. The van der Waals surface area contributed by atoms with Gasteiger partial charge in [0.05, 0.1) is 29.2 Å². The summed E-state index contributed by atoms with van der Waals surface area (Å²) in [6.07, 6.45) is 7.60. The van der Waals surface area contributed by atoms with Crippen LogP contribution in [-0.4, -0.2) is 34.9 Å². The van der Waals surface area contributed by atoms with E-state index in [1.54, 1.807) is 0 Å². The van der Waals surface area contributed by atoms with E-state index in [9.17, 15) is 9.59 Å². The number of aromatic amines is 1. The number of hydrogen-bond acceptors (Lipinski definition) is 4. The van der Waals surface area contributed by atoms with E-state index in [1.165, 1.54) is 6.08 Å². The Balaban J connectivity index is 1.53. The molecule has 0 saturated carbocycles. The third-order valence-corrected chi connectivity index (χ3v) is 6.44. The highest BCUT2D eigenvalue weighted by Crippen LogP contribution is 2.39. The Morgan fingerprint density at radius 2 is 2.15 bits per heavy atom. The van der Waals surface area contributed by atoms with Crippen LogP contribution in [0.1, 0.15) is 46.9 Å². The molecule has 3 aromatic rings. The molecule has 0 unspecified atom stereocenters. The molecule has 0 bridgehead atoms. The van der Waals surface area contributed by atoms with E-state index in [0.29, 0.717) is 24.6 Å². The number of carbonyl (C=O) groups is 2. The highest BCUT2D eigenvalue weighted by atomic mass is 16.5. The average molecular weight is 457 g/mol. The zero-order chi connectivity index (χ0) is 23.7. The highest BCUT2D eigenvalue weighted by molar-refractivity contribution is 6.01. The number of unbranched alkanes of at least 4 members (excludes halogenated alkanes) is 1. The van der Waals surface area contributed by atoms with Crippen molar-refractivity contribution in [3.63, 3.8) is 0 Å². The van der Waals surface area contributed by atoms with Gasteiger partial charge >= 0.3 is 0 Å². The largest absolute Gasteiger partial charge is 0.491 e. The Bertz CT molecular complexity index is 1290. The Morgan fingerprint density at radius 3 is 2.97 bits per heavy atom. The van der Waals surface area contributed by atoms with Crippen molar-refractivity contribution >= 4 is 17.5 Å². The molecule has 174 valence electrons. The molecule has 1 aliphatic heterocycles. The summed E-state index contributed by atoms with van der Waals surface area (Å²) >= 11 is 0. The van der Waals surface area contributed by atoms with Crippen LogP contribution < -0.4 is 15.4 Å². The lowest BCUT2D eigenvalue weighted by Crippen LogP contribution is -2.32. The summed E-state index contributed by atoms with van der Waals surface area (Å²) in [6, 6.07) is 7.78. The molecule has 3 heterocycles. The first-order chi connectivity index (χ1) is 16.6. The van der Waals surface area contributed by atoms with Gasteiger partial charge in [-0.3, -0.25) is 14.6 Å². The number of hydrogen-bond donors (Lipinski definition) is 3. The van der Waals surface area contributed by atoms with Crippen molar-refractivity contribution in [1.29, 1.82) is 0 Å². The van der Waals surface area contributed by atoms with E-state index < -0.39 is 0 Å². The van der Waals surface area contributed by atoms with E-state index in [2.05, 4.69) is 35.2 Å². The van der Waals surface area contributed by atoms with Gasteiger partial charge in [0.1, 0.15) is 5.75 Å². The number of benzene rings is 1. The van der Waals surface area contributed by atoms with Gasteiger partial charge < -0.3 is 20.4 Å². The summed E-state index contributed by atoms with van der Waals surface area (Å²) in [4.78, 5) is 32.8. The first-order valence-corrected chi connectivity index (χ1v) is 11.8. The summed E-state index contributed by atoms with van der Waals surface area (Å²) in [6.45, 7) is 6.89. The Morgan fingerprint density at radius 1 is 1.26 bits per heavy atom. The maximum Gasteiger partial charge on any atom is 0.253 e. The smallest absolute Gasteiger partial charge is 0.253 e. The van der Waals surface area contributed by atoms with Gasteiger partial charge in [-0.2, -0.15) is 0 Å². The molecule has 2 amide bonds. The number of aromatic nitrogens is 2. The SMILES string of the molecule is C=CC(=O)Nc1cc(-c2cc3c(cn2)CCc2c-3[nH]c3c2C(=O)NCC3)ccc1OCCCC. The molecule has 0 radical (unpaired) electrons. The highest BCUT2D eigenvalue weighted by Gasteiger charge is 2.29. The van der Waals surface area contributed by atoms with E-state index in [0.717, 1.165) is 77.0 Å². The number of anilines is 1. The molecule has 1 aliphatic carbocycles. The number of aryl methyl sites for hydroxylation is 1.